The van der Waals surface area contributed by atoms with Crippen LogP contribution in [0.15, 0.2) is 24.3 Å². The highest BCUT2D eigenvalue weighted by atomic mass is 19.4. The standard InChI is InChI=1S/C11H10F4O2/c12-8-3-1-7(2-4-8)10(11(13,14)15)17-6-9-5-16-9/h1-4,9-10H,5-6H2. The Morgan fingerprint density at radius 3 is 2.35 bits per heavy atom. The van der Waals surface area contributed by atoms with Crippen molar-refractivity contribution in [2.75, 3.05) is 13.2 Å². The fourth-order valence-electron chi connectivity index (χ4n) is 1.39. The highest BCUT2D eigenvalue weighted by Crippen LogP contribution is 2.36. The summed E-state index contributed by atoms with van der Waals surface area (Å²) in [6.45, 7) is 0.315. The van der Waals surface area contributed by atoms with Crippen LogP contribution in [0.2, 0.25) is 0 Å². The van der Waals surface area contributed by atoms with Crippen LogP contribution in [0.3, 0.4) is 0 Å². The molecule has 2 atom stereocenters. The molecule has 2 unspecified atom stereocenters. The minimum atomic E-state index is -4.52. The van der Waals surface area contributed by atoms with Gasteiger partial charge in [-0.3, -0.25) is 0 Å². The third-order valence-electron chi connectivity index (χ3n) is 2.32. The van der Waals surface area contributed by atoms with E-state index in [9.17, 15) is 17.6 Å². The second-order valence-corrected chi connectivity index (χ2v) is 3.76. The van der Waals surface area contributed by atoms with Crippen LogP contribution in [0.4, 0.5) is 17.6 Å². The molecule has 0 N–H and O–H groups in total. The topological polar surface area (TPSA) is 21.8 Å². The summed E-state index contributed by atoms with van der Waals surface area (Å²) < 4.78 is 60.3. The molecule has 0 aliphatic carbocycles. The van der Waals surface area contributed by atoms with Crippen molar-refractivity contribution in [3.63, 3.8) is 0 Å². The largest absolute Gasteiger partial charge is 0.418 e. The van der Waals surface area contributed by atoms with E-state index in [1.165, 1.54) is 0 Å². The van der Waals surface area contributed by atoms with Crippen LogP contribution in [-0.4, -0.2) is 25.5 Å². The smallest absolute Gasteiger partial charge is 0.371 e. The molecule has 1 saturated heterocycles. The molecule has 0 spiro atoms. The molecule has 6 heteroatoms. The van der Waals surface area contributed by atoms with Gasteiger partial charge in [-0.15, -0.1) is 0 Å². The number of hydrogen-bond donors (Lipinski definition) is 0. The lowest BCUT2D eigenvalue weighted by Crippen LogP contribution is -2.25. The van der Waals surface area contributed by atoms with Gasteiger partial charge < -0.3 is 9.47 Å². The number of rotatable bonds is 4. The number of halogens is 4. The fourth-order valence-corrected chi connectivity index (χ4v) is 1.39. The van der Waals surface area contributed by atoms with E-state index in [2.05, 4.69) is 0 Å². The maximum atomic E-state index is 12.7. The summed E-state index contributed by atoms with van der Waals surface area (Å²) in [7, 11) is 0. The quantitative estimate of drug-likeness (QED) is 0.605. The molecule has 0 amide bonds. The molecular formula is C11H10F4O2. The number of benzene rings is 1. The maximum absolute atomic E-state index is 12.7. The van der Waals surface area contributed by atoms with Crippen LogP contribution in [0.25, 0.3) is 0 Å². The Labute approximate surface area is 95.1 Å². The molecule has 0 saturated carbocycles. The average molecular weight is 250 g/mol. The molecule has 2 rings (SSSR count). The van der Waals surface area contributed by atoms with Gasteiger partial charge in [-0.25, -0.2) is 4.39 Å². The van der Waals surface area contributed by atoms with Crippen LogP contribution >= 0.6 is 0 Å². The molecular weight excluding hydrogens is 240 g/mol. The normalized spacial score (nSPS) is 21.3. The number of epoxide rings is 1. The van der Waals surface area contributed by atoms with Gasteiger partial charge in [0.25, 0.3) is 0 Å². The fraction of sp³-hybridized carbons (Fsp3) is 0.455. The molecule has 2 nitrogen and oxygen atoms in total. The predicted molar refractivity (Wildman–Crippen MR) is 50.9 cm³/mol. The summed E-state index contributed by atoms with van der Waals surface area (Å²) in [5.41, 5.74) is -0.112. The molecule has 1 aromatic rings. The first-order chi connectivity index (χ1) is 7.97. The molecule has 1 aliphatic rings. The molecule has 94 valence electrons. The third kappa shape index (κ3) is 3.41. The van der Waals surface area contributed by atoms with Crippen molar-refractivity contribution in [3.8, 4) is 0 Å². The summed E-state index contributed by atoms with van der Waals surface area (Å²) >= 11 is 0. The average Bonchev–Trinajstić information content (AvgIpc) is 3.03. The van der Waals surface area contributed by atoms with Gasteiger partial charge in [0.2, 0.25) is 0 Å². The van der Waals surface area contributed by atoms with Crippen molar-refractivity contribution in [2.24, 2.45) is 0 Å². The minimum absolute atomic E-state index is 0.110. The van der Waals surface area contributed by atoms with Crippen molar-refractivity contribution in [1.29, 1.82) is 0 Å². The van der Waals surface area contributed by atoms with Gasteiger partial charge in [-0.05, 0) is 17.7 Å². The second-order valence-electron chi connectivity index (χ2n) is 3.76. The van der Waals surface area contributed by atoms with E-state index in [0.29, 0.717) is 6.61 Å². The lowest BCUT2D eigenvalue weighted by Gasteiger charge is -2.20. The molecule has 1 heterocycles. The molecule has 17 heavy (non-hydrogen) atoms. The SMILES string of the molecule is Fc1ccc(C(OCC2CO2)C(F)(F)F)cc1. The Kier molecular flexibility index (Phi) is 3.35. The van der Waals surface area contributed by atoms with Crippen LogP contribution in [-0.2, 0) is 9.47 Å². The van der Waals surface area contributed by atoms with E-state index in [1.54, 1.807) is 0 Å². The molecule has 1 aromatic carbocycles. The summed E-state index contributed by atoms with van der Waals surface area (Å²) in [5.74, 6) is -0.583. The Morgan fingerprint density at radius 1 is 1.29 bits per heavy atom. The number of alkyl halides is 3. The van der Waals surface area contributed by atoms with Crippen LogP contribution in [0, 0.1) is 5.82 Å². The van der Waals surface area contributed by atoms with E-state index in [1.807, 2.05) is 0 Å². The van der Waals surface area contributed by atoms with Crippen LogP contribution < -0.4 is 0 Å². The summed E-state index contributed by atoms with van der Waals surface area (Å²) in [4.78, 5) is 0. The molecule has 0 aromatic heterocycles. The first-order valence-electron chi connectivity index (χ1n) is 5.02. The highest BCUT2D eigenvalue weighted by Gasteiger charge is 2.42. The van der Waals surface area contributed by atoms with Gasteiger partial charge in [-0.1, -0.05) is 12.1 Å². The van der Waals surface area contributed by atoms with Crippen molar-refractivity contribution >= 4 is 0 Å². The minimum Gasteiger partial charge on any atom is -0.371 e. The monoisotopic (exact) mass is 250 g/mol. The highest BCUT2D eigenvalue weighted by molar-refractivity contribution is 5.20. The lowest BCUT2D eigenvalue weighted by molar-refractivity contribution is -0.224. The van der Waals surface area contributed by atoms with Crippen LogP contribution in [0.5, 0.6) is 0 Å². The lowest BCUT2D eigenvalue weighted by atomic mass is 10.1. The first-order valence-corrected chi connectivity index (χ1v) is 5.02. The van der Waals surface area contributed by atoms with E-state index in [4.69, 9.17) is 9.47 Å². The molecule has 1 fully saturated rings. The zero-order valence-corrected chi connectivity index (χ0v) is 8.71. The van der Waals surface area contributed by atoms with Gasteiger partial charge in [0, 0.05) is 0 Å². The predicted octanol–water partition coefficient (Wildman–Crippen LogP) is 2.84. The Hall–Kier alpha value is -1.14. The van der Waals surface area contributed by atoms with Crippen molar-refractivity contribution < 1.29 is 27.0 Å². The van der Waals surface area contributed by atoms with Crippen molar-refractivity contribution in [1.82, 2.24) is 0 Å². The van der Waals surface area contributed by atoms with E-state index in [0.717, 1.165) is 24.3 Å². The summed E-state index contributed by atoms with van der Waals surface area (Å²) in [6, 6.07) is 4.10. The van der Waals surface area contributed by atoms with Crippen LogP contribution in [0.1, 0.15) is 11.7 Å². The molecule has 0 radical (unpaired) electrons. The van der Waals surface area contributed by atoms with Gasteiger partial charge in [0.1, 0.15) is 11.9 Å². The van der Waals surface area contributed by atoms with Crippen molar-refractivity contribution in [2.45, 2.75) is 18.4 Å². The number of ether oxygens (including phenoxy) is 2. The summed E-state index contributed by atoms with van der Waals surface area (Å²) in [5, 5.41) is 0. The Morgan fingerprint density at radius 2 is 1.88 bits per heavy atom. The van der Waals surface area contributed by atoms with E-state index in [-0.39, 0.29) is 18.3 Å². The van der Waals surface area contributed by atoms with E-state index >= 15 is 0 Å². The first kappa shape index (κ1) is 12.3. The maximum Gasteiger partial charge on any atom is 0.418 e. The third-order valence-corrected chi connectivity index (χ3v) is 2.32. The molecule has 1 aliphatic heterocycles. The zero-order valence-electron chi connectivity index (χ0n) is 8.71. The number of hydrogen-bond acceptors (Lipinski definition) is 2. The second kappa shape index (κ2) is 4.62. The van der Waals surface area contributed by atoms with E-state index < -0.39 is 18.1 Å². The van der Waals surface area contributed by atoms with Gasteiger partial charge in [0.15, 0.2) is 6.10 Å². The van der Waals surface area contributed by atoms with Gasteiger partial charge in [-0.2, -0.15) is 13.2 Å². The zero-order chi connectivity index (χ0) is 12.5. The Bertz CT molecular complexity index is 370. The van der Waals surface area contributed by atoms with Gasteiger partial charge in [0.05, 0.1) is 13.2 Å². The molecule has 0 bridgehead atoms. The Balaban J connectivity index is 2.10. The van der Waals surface area contributed by atoms with Crippen molar-refractivity contribution in [3.05, 3.63) is 35.6 Å². The van der Waals surface area contributed by atoms with Gasteiger partial charge >= 0.3 is 6.18 Å². The summed E-state index contributed by atoms with van der Waals surface area (Å²) in [6.07, 6.45) is -6.81.